The van der Waals surface area contributed by atoms with Crippen molar-refractivity contribution >= 4 is 6.03 Å². The fraction of sp³-hybridized carbons (Fsp3) is 0.500. The van der Waals surface area contributed by atoms with Gasteiger partial charge in [-0.05, 0) is 26.3 Å². The van der Waals surface area contributed by atoms with E-state index in [4.69, 9.17) is 0 Å². The predicted molar refractivity (Wildman–Crippen MR) is 68.8 cm³/mol. The molecule has 1 heterocycles. The van der Waals surface area contributed by atoms with Gasteiger partial charge in [-0.3, -0.25) is 0 Å². The van der Waals surface area contributed by atoms with E-state index >= 15 is 0 Å². The molecule has 92 valence electrons. The molecule has 1 aliphatic rings. The van der Waals surface area contributed by atoms with E-state index in [1.165, 1.54) is 5.56 Å². The van der Waals surface area contributed by atoms with Gasteiger partial charge in [0.2, 0.25) is 0 Å². The number of amides is 2. The first kappa shape index (κ1) is 12.0. The van der Waals surface area contributed by atoms with Crippen molar-refractivity contribution in [2.24, 2.45) is 0 Å². The molecule has 1 saturated heterocycles. The zero-order valence-corrected chi connectivity index (χ0v) is 10.9. The van der Waals surface area contributed by atoms with Crippen LogP contribution in [0.2, 0.25) is 0 Å². The molecule has 1 aromatic carbocycles. The molecule has 2 unspecified atom stereocenters. The van der Waals surface area contributed by atoms with Crippen molar-refractivity contribution in [2.75, 3.05) is 7.05 Å². The van der Waals surface area contributed by atoms with E-state index in [0.29, 0.717) is 0 Å². The molecule has 0 N–H and O–H groups in total. The van der Waals surface area contributed by atoms with E-state index in [9.17, 15) is 4.79 Å². The van der Waals surface area contributed by atoms with Crippen molar-refractivity contribution in [3.63, 3.8) is 0 Å². The van der Waals surface area contributed by atoms with Gasteiger partial charge in [-0.1, -0.05) is 30.3 Å². The van der Waals surface area contributed by atoms with Gasteiger partial charge in [-0.15, -0.1) is 0 Å². The van der Waals surface area contributed by atoms with Crippen LogP contribution in [-0.2, 0) is 0 Å². The Hall–Kier alpha value is -1.51. The highest BCUT2D eigenvalue weighted by Crippen LogP contribution is 2.35. The number of nitrogens with zero attached hydrogens (tertiary/aromatic N) is 2. The van der Waals surface area contributed by atoms with Crippen molar-refractivity contribution in [1.82, 2.24) is 9.80 Å². The van der Waals surface area contributed by atoms with Crippen LogP contribution in [0.25, 0.3) is 0 Å². The molecule has 3 nitrogen and oxygen atoms in total. The SMILES string of the molecule is CC1C(c2ccccc2)N(C(C)C)C(=O)N1C. The molecule has 2 atom stereocenters. The lowest BCUT2D eigenvalue weighted by Gasteiger charge is -2.28. The van der Waals surface area contributed by atoms with Crippen LogP contribution in [0, 0.1) is 0 Å². The predicted octanol–water partition coefficient (Wildman–Crippen LogP) is 2.89. The molecule has 0 bridgehead atoms. The van der Waals surface area contributed by atoms with Crippen LogP contribution in [-0.4, -0.2) is 35.0 Å². The Morgan fingerprint density at radius 2 is 1.76 bits per heavy atom. The molecule has 1 aromatic rings. The molecule has 0 aromatic heterocycles. The second-order valence-electron chi connectivity index (χ2n) is 4.99. The van der Waals surface area contributed by atoms with Gasteiger partial charge in [0.05, 0.1) is 12.1 Å². The molecule has 1 aliphatic heterocycles. The number of rotatable bonds is 2. The lowest BCUT2D eigenvalue weighted by molar-refractivity contribution is 0.177. The number of carbonyl (C=O) groups excluding carboxylic acids is 1. The van der Waals surface area contributed by atoms with Crippen molar-refractivity contribution < 1.29 is 4.79 Å². The summed E-state index contributed by atoms with van der Waals surface area (Å²) < 4.78 is 0. The maximum atomic E-state index is 12.2. The van der Waals surface area contributed by atoms with Gasteiger partial charge in [0.25, 0.3) is 0 Å². The first-order valence-corrected chi connectivity index (χ1v) is 6.14. The maximum absolute atomic E-state index is 12.2. The summed E-state index contributed by atoms with van der Waals surface area (Å²) in [6.07, 6.45) is 0. The number of likely N-dealkylation sites (N-methyl/N-ethyl adjacent to an activating group) is 1. The third kappa shape index (κ3) is 1.90. The highest BCUT2D eigenvalue weighted by Gasteiger charge is 2.43. The van der Waals surface area contributed by atoms with Gasteiger partial charge < -0.3 is 9.80 Å². The standard InChI is InChI=1S/C14H20N2O/c1-10(2)16-13(11(3)15(4)14(16)17)12-8-6-5-7-9-12/h5-11,13H,1-4H3. The minimum Gasteiger partial charge on any atom is -0.323 e. The molecule has 0 spiro atoms. The molecule has 2 rings (SSSR count). The van der Waals surface area contributed by atoms with Crippen molar-refractivity contribution in [1.29, 1.82) is 0 Å². The van der Waals surface area contributed by atoms with Crippen LogP contribution in [0.1, 0.15) is 32.4 Å². The Kier molecular flexibility index (Phi) is 3.09. The monoisotopic (exact) mass is 232 g/mol. The number of urea groups is 1. The first-order chi connectivity index (χ1) is 8.04. The van der Waals surface area contributed by atoms with Gasteiger partial charge in [0.15, 0.2) is 0 Å². The van der Waals surface area contributed by atoms with Crippen LogP contribution in [0.15, 0.2) is 30.3 Å². The van der Waals surface area contributed by atoms with Crippen molar-refractivity contribution in [3.8, 4) is 0 Å². The largest absolute Gasteiger partial charge is 0.323 e. The Morgan fingerprint density at radius 1 is 1.18 bits per heavy atom. The van der Waals surface area contributed by atoms with E-state index in [0.717, 1.165) is 0 Å². The van der Waals surface area contributed by atoms with Crippen molar-refractivity contribution in [3.05, 3.63) is 35.9 Å². The minimum atomic E-state index is 0.126. The first-order valence-electron chi connectivity index (χ1n) is 6.14. The summed E-state index contributed by atoms with van der Waals surface area (Å²) >= 11 is 0. The molecular formula is C14H20N2O. The van der Waals surface area contributed by atoms with Crippen LogP contribution in [0.5, 0.6) is 0 Å². The van der Waals surface area contributed by atoms with Crippen LogP contribution >= 0.6 is 0 Å². The van der Waals surface area contributed by atoms with Crippen LogP contribution in [0.4, 0.5) is 4.79 Å². The Bertz CT molecular complexity index is 402. The van der Waals surface area contributed by atoms with E-state index in [1.807, 2.05) is 35.0 Å². The molecular weight excluding hydrogens is 212 g/mol. The second kappa shape index (κ2) is 4.40. The summed E-state index contributed by atoms with van der Waals surface area (Å²) in [4.78, 5) is 16.0. The topological polar surface area (TPSA) is 23.6 Å². The van der Waals surface area contributed by atoms with Gasteiger partial charge in [-0.2, -0.15) is 0 Å². The second-order valence-corrected chi connectivity index (χ2v) is 4.99. The Morgan fingerprint density at radius 3 is 2.29 bits per heavy atom. The summed E-state index contributed by atoms with van der Waals surface area (Å²) in [5.41, 5.74) is 1.21. The van der Waals surface area contributed by atoms with Crippen LogP contribution < -0.4 is 0 Å². The number of hydrogen-bond donors (Lipinski definition) is 0. The smallest absolute Gasteiger partial charge is 0.320 e. The van der Waals surface area contributed by atoms with Gasteiger partial charge in [-0.25, -0.2) is 4.79 Å². The van der Waals surface area contributed by atoms with E-state index in [1.54, 1.807) is 0 Å². The number of hydrogen-bond acceptors (Lipinski definition) is 1. The average molecular weight is 232 g/mol. The average Bonchev–Trinajstić information content (AvgIpc) is 2.55. The van der Waals surface area contributed by atoms with E-state index in [-0.39, 0.29) is 24.2 Å². The third-order valence-corrected chi connectivity index (χ3v) is 3.59. The zero-order valence-electron chi connectivity index (χ0n) is 10.9. The molecule has 3 heteroatoms. The fourth-order valence-corrected chi connectivity index (χ4v) is 2.55. The zero-order chi connectivity index (χ0) is 12.6. The highest BCUT2D eigenvalue weighted by atomic mass is 16.2. The van der Waals surface area contributed by atoms with E-state index < -0.39 is 0 Å². The van der Waals surface area contributed by atoms with E-state index in [2.05, 4.69) is 32.9 Å². The highest BCUT2D eigenvalue weighted by molar-refractivity contribution is 5.78. The van der Waals surface area contributed by atoms with Gasteiger partial charge in [0, 0.05) is 13.1 Å². The quantitative estimate of drug-likeness (QED) is 0.769. The molecule has 2 amide bonds. The minimum absolute atomic E-state index is 0.126. The summed E-state index contributed by atoms with van der Waals surface area (Å²) in [5, 5.41) is 0. The number of benzene rings is 1. The molecule has 0 saturated carbocycles. The Labute approximate surface area is 103 Å². The van der Waals surface area contributed by atoms with Crippen LogP contribution in [0.3, 0.4) is 0 Å². The Balaban J connectivity index is 2.40. The third-order valence-electron chi connectivity index (χ3n) is 3.59. The lowest BCUT2D eigenvalue weighted by atomic mass is 9.99. The summed E-state index contributed by atoms with van der Waals surface area (Å²) in [6.45, 7) is 6.25. The molecule has 0 aliphatic carbocycles. The van der Waals surface area contributed by atoms with Gasteiger partial charge in [0.1, 0.15) is 0 Å². The fourth-order valence-electron chi connectivity index (χ4n) is 2.55. The molecule has 0 radical (unpaired) electrons. The lowest BCUT2D eigenvalue weighted by Crippen LogP contribution is -2.36. The molecule has 17 heavy (non-hydrogen) atoms. The van der Waals surface area contributed by atoms with Gasteiger partial charge >= 0.3 is 6.03 Å². The maximum Gasteiger partial charge on any atom is 0.320 e. The summed E-state index contributed by atoms with van der Waals surface area (Å²) in [7, 11) is 1.88. The molecule has 1 fully saturated rings. The summed E-state index contributed by atoms with van der Waals surface area (Å²) in [5.74, 6) is 0. The van der Waals surface area contributed by atoms with Crippen molar-refractivity contribution in [2.45, 2.75) is 38.9 Å². The normalized spacial score (nSPS) is 24.9. The summed E-state index contributed by atoms with van der Waals surface area (Å²) in [6, 6.07) is 11.0. The number of carbonyl (C=O) groups is 1.